The highest BCUT2D eigenvalue weighted by molar-refractivity contribution is 6.32. The largest absolute Gasteiger partial charge is 0.486 e. The lowest BCUT2D eigenvalue weighted by Crippen LogP contribution is -2.04. The molecule has 1 aromatic carbocycles. The van der Waals surface area contributed by atoms with Crippen molar-refractivity contribution in [2.24, 2.45) is 0 Å². The average Bonchev–Trinajstić information content (AvgIpc) is 2.53. The van der Waals surface area contributed by atoms with Crippen LogP contribution in [0.25, 0.3) is 0 Å². The number of carbonyl (C=O) groups excluding carboxylic acids is 2. The summed E-state index contributed by atoms with van der Waals surface area (Å²) in [6.07, 6.45) is 2.13. The molecule has 0 atom stereocenters. The third kappa shape index (κ3) is 3.79. The Morgan fingerprint density at radius 2 is 2.14 bits per heavy atom. The van der Waals surface area contributed by atoms with E-state index in [4.69, 9.17) is 16.3 Å². The van der Waals surface area contributed by atoms with Crippen LogP contribution in [-0.4, -0.2) is 24.3 Å². The molecule has 108 valence electrons. The summed E-state index contributed by atoms with van der Waals surface area (Å²) in [6, 6.07) is 8.03. The Morgan fingerprint density at radius 3 is 2.71 bits per heavy atom. The molecule has 1 aromatic heterocycles. The second-order valence-corrected chi connectivity index (χ2v) is 4.53. The van der Waals surface area contributed by atoms with Crippen molar-refractivity contribution in [3.8, 4) is 5.75 Å². The van der Waals surface area contributed by atoms with Gasteiger partial charge in [0, 0.05) is 11.8 Å². The predicted molar refractivity (Wildman–Crippen MR) is 76.7 cm³/mol. The summed E-state index contributed by atoms with van der Waals surface area (Å²) < 4.78 is 10.1. The van der Waals surface area contributed by atoms with E-state index in [2.05, 4.69) is 9.72 Å². The maximum Gasteiger partial charge on any atom is 0.339 e. The minimum atomic E-state index is -0.442. The minimum Gasteiger partial charge on any atom is -0.486 e. The van der Waals surface area contributed by atoms with Gasteiger partial charge < -0.3 is 9.47 Å². The first kappa shape index (κ1) is 15.0. The maximum atomic E-state index is 11.3. The van der Waals surface area contributed by atoms with E-state index < -0.39 is 5.97 Å². The molecule has 0 aliphatic heterocycles. The van der Waals surface area contributed by atoms with E-state index in [1.54, 1.807) is 24.3 Å². The maximum absolute atomic E-state index is 11.3. The fraction of sp³-hybridized carbons (Fsp3) is 0.133. The van der Waals surface area contributed by atoms with Gasteiger partial charge in [0.1, 0.15) is 18.6 Å². The molecule has 0 aliphatic carbocycles. The molecule has 0 unspecified atom stereocenters. The molecule has 0 amide bonds. The fourth-order valence-corrected chi connectivity index (χ4v) is 1.85. The fourth-order valence-electron chi connectivity index (χ4n) is 1.61. The number of nitrogens with zero attached hydrogens (tertiary/aromatic N) is 1. The number of pyridine rings is 1. The molecule has 0 saturated carbocycles. The van der Waals surface area contributed by atoms with Crippen LogP contribution in [0.2, 0.25) is 5.02 Å². The van der Waals surface area contributed by atoms with Crippen molar-refractivity contribution >= 4 is 23.9 Å². The topological polar surface area (TPSA) is 65.5 Å². The van der Waals surface area contributed by atoms with E-state index >= 15 is 0 Å². The molecule has 6 heteroatoms. The molecular weight excluding hydrogens is 294 g/mol. The van der Waals surface area contributed by atoms with Crippen LogP contribution >= 0.6 is 11.6 Å². The Labute approximate surface area is 126 Å². The van der Waals surface area contributed by atoms with Crippen LogP contribution in [0.4, 0.5) is 0 Å². The van der Waals surface area contributed by atoms with E-state index in [1.807, 2.05) is 0 Å². The van der Waals surface area contributed by atoms with Gasteiger partial charge in [0.25, 0.3) is 0 Å². The van der Waals surface area contributed by atoms with Gasteiger partial charge in [-0.1, -0.05) is 11.6 Å². The number of halogens is 1. The molecule has 0 spiro atoms. The van der Waals surface area contributed by atoms with Gasteiger partial charge in [0.2, 0.25) is 0 Å². The molecule has 0 aliphatic rings. The highest BCUT2D eigenvalue weighted by atomic mass is 35.5. The van der Waals surface area contributed by atoms with Crippen LogP contribution < -0.4 is 4.74 Å². The number of rotatable bonds is 5. The van der Waals surface area contributed by atoms with Gasteiger partial charge in [-0.15, -0.1) is 0 Å². The molecule has 0 radical (unpaired) electrons. The van der Waals surface area contributed by atoms with Crippen molar-refractivity contribution in [1.82, 2.24) is 4.98 Å². The van der Waals surface area contributed by atoms with E-state index in [-0.39, 0.29) is 6.61 Å². The summed E-state index contributed by atoms with van der Waals surface area (Å²) in [6.45, 7) is 0.196. The van der Waals surface area contributed by atoms with Gasteiger partial charge in [-0.2, -0.15) is 0 Å². The van der Waals surface area contributed by atoms with Crippen molar-refractivity contribution in [3.63, 3.8) is 0 Å². The van der Waals surface area contributed by atoms with E-state index in [9.17, 15) is 9.59 Å². The molecule has 0 fully saturated rings. The zero-order valence-corrected chi connectivity index (χ0v) is 12.0. The van der Waals surface area contributed by atoms with Crippen LogP contribution in [0, 0.1) is 0 Å². The summed E-state index contributed by atoms with van der Waals surface area (Å²) in [4.78, 5) is 26.0. The Hall–Kier alpha value is -2.40. The Morgan fingerprint density at radius 1 is 1.33 bits per heavy atom. The van der Waals surface area contributed by atoms with Crippen molar-refractivity contribution in [2.45, 2.75) is 6.61 Å². The molecule has 21 heavy (non-hydrogen) atoms. The summed E-state index contributed by atoms with van der Waals surface area (Å²) in [5.74, 6) is 0.0172. The molecule has 0 N–H and O–H groups in total. The summed E-state index contributed by atoms with van der Waals surface area (Å²) >= 11 is 5.99. The lowest BCUT2D eigenvalue weighted by Gasteiger charge is -2.08. The molecule has 0 bridgehead atoms. The van der Waals surface area contributed by atoms with Gasteiger partial charge in [0.05, 0.1) is 23.4 Å². The van der Waals surface area contributed by atoms with Crippen molar-refractivity contribution in [2.75, 3.05) is 7.11 Å². The number of aromatic nitrogens is 1. The monoisotopic (exact) mass is 305 g/mol. The SMILES string of the molecule is COC(=O)c1ccc(COc2ccc(C=O)cc2Cl)nc1. The van der Waals surface area contributed by atoms with Crippen molar-refractivity contribution in [1.29, 1.82) is 0 Å². The number of benzene rings is 1. The lowest BCUT2D eigenvalue weighted by molar-refractivity contribution is 0.0600. The first-order chi connectivity index (χ1) is 10.1. The Balaban J connectivity index is 2.03. The molecular formula is C15H12ClNO4. The second kappa shape index (κ2) is 6.85. The van der Waals surface area contributed by atoms with Crippen LogP contribution in [0.5, 0.6) is 5.75 Å². The Bertz CT molecular complexity index is 655. The van der Waals surface area contributed by atoms with Gasteiger partial charge in [-0.25, -0.2) is 4.79 Å². The molecule has 5 nitrogen and oxygen atoms in total. The van der Waals surface area contributed by atoms with Gasteiger partial charge in [-0.05, 0) is 30.3 Å². The third-order valence-electron chi connectivity index (χ3n) is 2.71. The highest BCUT2D eigenvalue weighted by Crippen LogP contribution is 2.25. The number of esters is 1. The number of hydrogen-bond donors (Lipinski definition) is 0. The first-order valence-corrected chi connectivity index (χ1v) is 6.42. The summed E-state index contributed by atoms with van der Waals surface area (Å²) in [5.41, 5.74) is 1.49. The van der Waals surface area contributed by atoms with Gasteiger partial charge in [-0.3, -0.25) is 9.78 Å². The van der Waals surface area contributed by atoms with Gasteiger partial charge in [0.15, 0.2) is 0 Å². The Kier molecular flexibility index (Phi) is 4.90. The minimum absolute atomic E-state index is 0.196. The highest BCUT2D eigenvalue weighted by Gasteiger charge is 2.07. The van der Waals surface area contributed by atoms with Crippen LogP contribution in [-0.2, 0) is 11.3 Å². The number of methoxy groups -OCH3 is 1. The van der Waals surface area contributed by atoms with Gasteiger partial charge >= 0.3 is 5.97 Å². The standard InChI is InChI=1S/C15H12ClNO4/c1-20-15(19)11-3-4-12(17-7-11)9-21-14-5-2-10(8-18)6-13(14)16/h2-8H,9H2,1H3. The van der Waals surface area contributed by atoms with E-state index in [0.29, 0.717) is 33.9 Å². The number of aldehydes is 1. The van der Waals surface area contributed by atoms with Crippen molar-refractivity contribution < 1.29 is 19.1 Å². The molecule has 2 rings (SSSR count). The number of ether oxygens (including phenoxy) is 2. The number of hydrogen-bond acceptors (Lipinski definition) is 5. The normalized spacial score (nSPS) is 10.0. The third-order valence-corrected chi connectivity index (χ3v) is 3.01. The second-order valence-electron chi connectivity index (χ2n) is 4.13. The summed E-state index contributed by atoms with van der Waals surface area (Å²) in [7, 11) is 1.31. The zero-order chi connectivity index (χ0) is 15.2. The molecule has 2 aromatic rings. The van der Waals surface area contributed by atoms with Crippen LogP contribution in [0.1, 0.15) is 26.4 Å². The van der Waals surface area contributed by atoms with Crippen molar-refractivity contribution in [3.05, 3.63) is 58.4 Å². The summed E-state index contributed by atoms with van der Waals surface area (Å²) in [5, 5.41) is 0.353. The molecule has 0 saturated heterocycles. The average molecular weight is 306 g/mol. The van der Waals surface area contributed by atoms with E-state index in [1.165, 1.54) is 19.4 Å². The molecule has 1 heterocycles. The first-order valence-electron chi connectivity index (χ1n) is 6.05. The zero-order valence-electron chi connectivity index (χ0n) is 11.2. The lowest BCUT2D eigenvalue weighted by atomic mass is 10.2. The predicted octanol–water partition coefficient (Wildman–Crippen LogP) is 2.91. The van der Waals surface area contributed by atoms with Crippen LogP contribution in [0.15, 0.2) is 36.5 Å². The quantitative estimate of drug-likeness (QED) is 0.627. The smallest absolute Gasteiger partial charge is 0.339 e. The van der Waals surface area contributed by atoms with Crippen LogP contribution in [0.3, 0.4) is 0 Å². The van der Waals surface area contributed by atoms with E-state index in [0.717, 1.165) is 0 Å². The number of carbonyl (C=O) groups is 2.